The molecule has 1 rings (SSSR count). The van der Waals surface area contributed by atoms with Crippen molar-refractivity contribution in [3.05, 3.63) is 35.4 Å². The lowest BCUT2D eigenvalue weighted by Crippen LogP contribution is -2.45. The molecule has 0 aliphatic heterocycles. The van der Waals surface area contributed by atoms with Crippen molar-refractivity contribution in [1.82, 2.24) is 5.32 Å². The highest BCUT2D eigenvalue weighted by Gasteiger charge is 2.13. The number of rotatable bonds is 5. The first-order chi connectivity index (χ1) is 7.07. The summed E-state index contributed by atoms with van der Waals surface area (Å²) in [4.78, 5) is 0. The van der Waals surface area contributed by atoms with E-state index in [4.69, 9.17) is 5.73 Å². The molecule has 3 N–H and O–H groups in total. The third kappa shape index (κ3) is 4.02. The molecule has 0 spiro atoms. The van der Waals surface area contributed by atoms with Crippen molar-refractivity contribution >= 4 is 0 Å². The molecule has 0 atom stereocenters. The molecule has 0 aliphatic rings. The third-order valence-electron chi connectivity index (χ3n) is 2.71. The summed E-state index contributed by atoms with van der Waals surface area (Å²) >= 11 is 0. The summed E-state index contributed by atoms with van der Waals surface area (Å²) in [5.74, 6) is 0. The van der Waals surface area contributed by atoms with E-state index in [0.29, 0.717) is 6.54 Å². The number of nitrogens with one attached hydrogen (secondary N) is 1. The van der Waals surface area contributed by atoms with E-state index in [2.05, 4.69) is 50.4 Å². The van der Waals surface area contributed by atoms with Crippen molar-refractivity contribution in [1.29, 1.82) is 0 Å². The van der Waals surface area contributed by atoms with Gasteiger partial charge in [-0.15, -0.1) is 0 Å². The zero-order valence-corrected chi connectivity index (χ0v) is 10.0. The van der Waals surface area contributed by atoms with Gasteiger partial charge in [-0.05, 0) is 31.4 Å². The minimum Gasteiger partial charge on any atom is -0.329 e. The molecule has 2 nitrogen and oxygen atoms in total. The van der Waals surface area contributed by atoms with Crippen LogP contribution in [0.5, 0.6) is 0 Å². The Hall–Kier alpha value is -0.860. The molecule has 15 heavy (non-hydrogen) atoms. The second-order valence-electron chi connectivity index (χ2n) is 4.61. The summed E-state index contributed by atoms with van der Waals surface area (Å²) in [6.07, 6.45) is 1.10. The summed E-state index contributed by atoms with van der Waals surface area (Å²) in [5, 5.41) is 3.44. The Morgan fingerprint density at radius 2 is 1.67 bits per heavy atom. The molecule has 0 aliphatic carbocycles. The van der Waals surface area contributed by atoms with E-state index in [-0.39, 0.29) is 5.54 Å². The number of benzene rings is 1. The molecule has 0 amide bonds. The summed E-state index contributed by atoms with van der Waals surface area (Å²) in [7, 11) is 0. The largest absolute Gasteiger partial charge is 0.329 e. The molecule has 0 bridgehead atoms. The molecule has 0 heterocycles. The molecule has 0 unspecified atom stereocenters. The Kier molecular flexibility index (Phi) is 4.30. The van der Waals surface area contributed by atoms with Gasteiger partial charge < -0.3 is 11.1 Å². The van der Waals surface area contributed by atoms with E-state index in [1.54, 1.807) is 0 Å². The molecule has 1 aromatic rings. The first-order valence-electron chi connectivity index (χ1n) is 5.60. The van der Waals surface area contributed by atoms with Gasteiger partial charge in [-0.1, -0.05) is 31.2 Å². The van der Waals surface area contributed by atoms with Crippen LogP contribution in [0.15, 0.2) is 24.3 Å². The van der Waals surface area contributed by atoms with Crippen LogP contribution < -0.4 is 11.1 Å². The van der Waals surface area contributed by atoms with Gasteiger partial charge in [0, 0.05) is 18.6 Å². The van der Waals surface area contributed by atoms with Crippen LogP contribution in [0.25, 0.3) is 0 Å². The van der Waals surface area contributed by atoms with Gasteiger partial charge in [-0.25, -0.2) is 0 Å². The average Bonchev–Trinajstić information content (AvgIpc) is 2.27. The monoisotopic (exact) mass is 206 g/mol. The van der Waals surface area contributed by atoms with Crippen LogP contribution in [-0.2, 0) is 13.0 Å². The lowest BCUT2D eigenvalue weighted by molar-refractivity contribution is 0.397. The van der Waals surface area contributed by atoms with Gasteiger partial charge in [0.1, 0.15) is 0 Å². The maximum atomic E-state index is 5.65. The summed E-state index contributed by atoms with van der Waals surface area (Å²) in [6, 6.07) is 8.73. The minimum absolute atomic E-state index is 0.0173. The summed E-state index contributed by atoms with van der Waals surface area (Å²) in [5.41, 5.74) is 8.37. The maximum absolute atomic E-state index is 5.65. The molecule has 0 radical (unpaired) electrons. The normalized spacial score (nSPS) is 11.7. The van der Waals surface area contributed by atoms with Crippen LogP contribution in [0.3, 0.4) is 0 Å². The fourth-order valence-corrected chi connectivity index (χ4v) is 1.31. The highest BCUT2D eigenvalue weighted by molar-refractivity contribution is 5.22. The lowest BCUT2D eigenvalue weighted by Gasteiger charge is -2.24. The zero-order chi connectivity index (χ0) is 11.3. The van der Waals surface area contributed by atoms with E-state index in [0.717, 1.165) is 13.0 Å². The Balaban J connectivity index is 2.51. The molecule has 0 aromatic heterocycles. The average molecular weight is 206 g/mol. The van der Waals surface area contributed by atoms with Crippen molar-refractivity contribution in [2.45, 2.75) is 39.3 Å². The van der Waals surface area contributed by atoms with Crippen LogP contribution in [0.2, 0.25) is 0 Å². The van der Waals surface area contributed by atoms with Crippen molar-refractivity contribution in [2.75, 3.05) is 6.54 Å². The maximum Gasteiger partial charge on any atom is 0.0250 e. The standard InChI is InChI=1S/C13H22N2/c1-4-11-5-7-12(8-6-11)9-15-13(2,3)10-14/h5-8,15H,4,9-10,14H2,1-3H3. The highest BCUT2D eigenvalue weighted by atomic mass is 15.0. The van der Waals surface area contributed by atoms with Gasteiger partial charge in [0.25, 0.3) is 0 Å². The molecule has 1 aromatic carbocycles. The second-order valence-corrected chi connectivity index (χ2v) is 4.61. The molecule has 84 valence electrons. The Labute approximate surface area is 92.9 Å². The quantitative estimate of drug-likeness (QED) is 0.774. The molecule has 0 saturated carbocycles. The van der Waals surface area contributed by atoms with Crippen LogP contribution >= 0.6 is 0 Å². The molecule has 0 fully saturated rings. The van der Waals surface area contributed by atoms with Gasteiger partial charge in [0.05, 0.1) is 0 Å². The Morgan fingerprint density at radius 3 is 2.13 bits per heavy atom. The smallest absolute Gasteiger partial charge is 0.0250 e. The number of hydrogen-bond acceptors (Lipinski definition) is 2. The summed E-state index contributed by atoms with van der Waals surface area (Å²) < 4.78 is 0. The van der Waals surface area contributed by atoms with Gasteiger partial charge >= 0.3 is 0 Å². The SMILES string of the molecule is CCc1ccc(CNC(C)(C)CN)cc1. The van der Waals surface area contributed by atoms with E-state index in [1.807, 2.05) is 0 Å². The van der Waals surface area contributed by atoms with Crippen LogP contribution in [0.4, 0.5) is 0 Å². The number of aryl methyl sites for hydroxylation is 1. The Bertz CT molecular complexity index is 288. The van der Waals surface area contributed by atoms with E-state index >= 15 is 0 Å². The first kappa shape index (κ1) is 12.2. The van der Waals surface area contributed by atoms with Crippen LogP contribution in [0, 0.1) is 0 Å². The van der Waals surface area contributed by atoms with E-state index in [9.17, 15) is 0 Å². The fraction of sp³-hybridized carbons (Fsp3) is 0.538. The van der Waals surface area contributed by atoms with Crippen LogP contribution in [0.1, 0.15) is 31.9 Å². The topological polar surface area (TPSA) is 38.0 Å². The summed E-state index contributed by atoms with van der Waals surface area (Å²) in [6.45, 7) is 7.94. The molecule has 0 saturated heterocycles. The zero-order valence-electron chi connectivity index (χ0n) is 10.0. The Morgan fingerprint density at radius 1 is 1.13 bits per heavy atom. The lowest BCUT2D eigenvalue weighted by atomic mass is 10.0. The highest BCUT2D eigenvalue weighted by Crippen LogP contribution is 2.07. The molecular formula is C13H22N2. The van der Waals surface area contributed by atoms with Crippen molar-refractivity contribution < 1.29 is 0 Å². The van der Waals surface area contributed by atoms with Gasteiger partial charge in [0.2, 0.25) is 0 Å². The predicted molar refractivity (Wildman–Crippen MR) is 65.8 cm³/mol. The molecular weight excluding hydrogens is 184 g/mol. The van der Waals surface area contributed by atoms with E-state index in [1.165, 1.54) is 11.1 Å². The van der Waals surface area contributed by atoms with E-state index < -0.39 is 0 Å². The van der Waals surface area contributed by atoms with Gasteiger partial charge in [0.15, 0.2) is 0 Å². The van der Waals surface area contributed by atoms with Gasteiger partial charge in [-0.3, -0.25) is 0 Å². The minimum atomic E-state index is 0.0173. The molecule has 2 heteroatoms. The van der Waals surface area contributed by atoms with Crippen molar-refractivity contribution in [3.8, 4) is 0 Å². The van der Waals surface area contributed by atoms with Crippen LogP contribution in [-0.4, -0.2) is 12.1 Å². The van der Waals surface area contributed by atoms with Crippen molar-refractivity contribution in [2.24, 2.45) is 5.73 Å². The second kappa shape index (κ2) is 5.29. The first-order valence-corrected chi connectivity index (χ1v) is 5.60. The third-order valence-corrected chi connectivity index (χ3v) is 2.71. The van der Waals surface area contributed by atoms with Gasteiger partial charge in [-0.2, -0.15) is 0 Å². The van der Waals surface area contributed by atoms with Crippen molar-refractivity contribution in [3.63, 3.8) is 0 Å². The predicted octanol–water partition coefficient (Wildman–Crippen LogP) is 2.08. The number of nitrogens with two attached hydrogens (primary N) is 1. The number of hydrogen-bond donors (Lipinski definition) is 2. The fourth-order valence-electron chi connectivity index (χ4n) is 1.31.